The average molecular weight is 197 g/mol. The van der Waals surface area contributed by atoms with Crippen LogP contribution in [0.1, 0.15) is 5.56 Å². The van der Waals surface area contributed by atoms with Crippen molar-refractivity contribution in [2.45, 2.75) is 0 Å². The fourth-order valence-corrected chi connectivity index (χ4v) is 1.96. The first-order valence-corrected chi connectivity index (χ1v) is 4.92. The molecule has 0 atom stereocenters. The molecule has 3 N–H and O–H groups in total. The van der Waals surface area contributed by atoms with Gasteiger partial charge >= 0.3 is 0 Å². The van der Waals surface area contributed by atoms with Gasteiger partial charge in [-0.25, -0.2) is 4.99 Å². The molecular formula is C12H11N3. The topological polar surface area (TPSA) is 50.4 Å². The Bertz CT molecular complexity index is 558. The van der Waals surface area contributed by atoms with E-state index in [1.807, 2.05) is 18.2 Å². The normalized spacial score (nSPS) is 14.3. The quantitative estimate of drug-likeness (QED) is 0.678. The van der Waals surface area contributed by atoms with Gasteiger partial charge in [-0.2, -0.15) is 0 Å². The number of aliphatic imine (C=N–C) groups is 1. The molecular weight excluding hydrogens is 186 g/mol. The van der Waals surface area contributed by atoms with Crippen molar-refractivity contribution in [2.24, 2.45) is 10.7 Å². The largest absolute Gasteiger partial charge is 0.383 e. The second kappa shape index (κ2) is 2.98. The van der Waals surface area contributed by atoms with Crippen LogP contribution < -0.4 is 11.1 Å². The zero-order chi connectivity index (χ0) is 10.3. The first kappa shape index (κ1) is 8.29. The maximum absolute atomic E-state index is 5.85. The van der Waals surface area contributed by atoms with Crippen molar-refractivity contribution in [3.8, 4) is 0 Å². The predicted octanol–water partition coefficient (Wildman–Crippen LogP) is 1.93. The number of rotatable bonds is 0. The Hall–Kier alpha value is -2.03. The van der Waals surface area contributed by atoms with Gasteiger partial charge in [-0.3, -0.25) is 0 Å². The molecule has 2 aromatic rings. The van der Waals surface area contributed by atoms with Crippen LogP contribution in [0.5, 0.6) is 0 Å². The summed E-state index contributed by atoms with van der Waals surface area (Å²) in [4.78, 5) is 4.16. The number of amidine groups is 1. The highest BCUT2D eigenvalue weighted by Crippen LogP contribution is 2.28. The van der Waals surface area contributed by atoms with Gasteiger partial charge in [-0.1, -0.05) is 30.3 Å². The molecule has 1 heterocycles. The van der Waals surface area contributed by atoms with E-state index in [1.165, 1.54) is 10.8 Å². The lowest BCUT2D eigenvalue weighted by Gasteiger charge is -2.17. The van der Waals surface area contributed by atoms with E-state index in [0.717, 1.165) is 11.3 Å². The minimum absolute atomic E-state index is 0.562. The lowest BCUT2D eigenvalue weighted by molar-refractivity contribution is 1.11. The summed E-state index contributed by atoms with van der Waals surface area (Å²) in [5.41, 5.74) is 7.95. The fourth-order valence-electron chi connectivity index (χ4n) is 1.96. The summed E-state index contributed by atoms with van der Waals surface area (Å²) in [7, 11) is 0. The van der Waals surface area contributed by atoms with Crippen LogP contribution in [0.3, 0.4) is 0 Å². The highest BCUT2D eigenvalue weighted by Gasteiger charge is 2.12. The van der Waals surface area contributed by atoms with Gasteiger partial charge in [0.1, 0.15) is 12.5 Å². The number of hydrogen-bond acceptors (Lipinski definition) is 3. The maximum atomic E-state index is 5.85. The molecule has 0 saturated carbocycles. The van der Waals surface area contributed by atoms with E-state index < -0.39 is 0 Å². The minimum atomic E-state index is 0.562. The van der Waals surface area contributed by atoms with Crippen LogP contribution in [0.25, 0.3) is 10.8 Å². The van der Waals surface area contributed by atoms with Gasteiger partial charge in [0.25, 0.3) is 0 Å². The van der Waals surface area contributed by atoms with Crippen molar-refractivity contribution in [3.63, 3.8) is 0 Å². The molecule has 2 aromatic carbocycles. The molecule has 1 aliphatic heterocycles. The van der Waals surface area contributed by atoms with Crippen molar-refractivity contribution >= 4 is 22.3 Å². The Morgan fingerprint density at radius 1 is 1.13 bits per heavy atom. The number of nitrogens with one attached hydrogen (secondary N) is 1. The summed E-state index contributed by atoms with van der Waals surface area (Å²) in [6.07, 6.45) is 0. The second-order valence-corrected chi connectivity index (χ2v) is 3.59. The average Bonchev–Trinajstić information content (AvgIpc) is 2.29. The van der Waals surface area contributed by atoms with E-state index >= 15 is 0 Å². The zero-order valence-electron chi connectivity index (χ0n) is 8.20. The van der Waals surface area contributed by atoms with Crippen LogP contribution >= 0.6 is 0 Å². The van der Waals surface area contributed by atoms with Gasteiger partial charge in [0.15, 0.2) is 0 Å². The molecule has 0 unspecified atom stereocenters. The van der Waals surface area contributed by atoms with Crippen molar-refractivity contribution < 1.29 is 0 Å². The third-order valence-electron chi connectivity index (χ3n) is 2.71. The van der Waals surface area contributed by atoms with Gasteiger partial charge in [-0.15, -0.1) is 0 Å². The Balaban J connectivity index is 2.39. The van der Waals surface area contributed by atoms with Crippen molar-refractivity contribution in [3.05, 3.63) is 42.0 Å². The van der Waals surface area contributed by atoms with Crippen molar-refractivity contribution in [1.29, 1.82) is 0 Å². The van der Waals surface area contributed by atoms with Crippen molar-refractivity contribution in [2.75, 3.05) is 12.0 Å². The van der Waals surface area contributed by atoms with Crippen LogP contribution in [-0.4, -0.2) is 12.5 Å². The lowest BCUT2D eigenvalue weighted by atomic mass is 10.0. The van der Waals surface area contributed by atoms with Gasteiger partial charge in [0.05, 0.1) is 5.69 Å². The maximum Gasteiger partial charge on any atom is 0.129 e. The first-order chi connectivity index (χ1) is 7.36. The van der Waals surface area contributed by atoms with Crippen LogP contribution in [0.2, 0.25) is 0 Å². The number of benzene rings is 2. The Kier molecular flexibility index (Phi) is 1.65. The summed E-state index contributed by atoms with van der Waals surface area (Å²) in [6.45, 7) is 0.562. The van der Waals surface area contributed by atoms with Crippen LogP contribution in [0.15, 0.2) is 41.4 Å². The van der Waals surface area contributed by atoms with Crippen molar-refractivity contribution in [1.82, 2.24) is 0 Å². The number of anilines is 1. The molecule has 3 nitrogen and oxygen atoms in total. The highest BCUT2D eigenvalue weighted by atomic mass is 15.1. The molecule has 0 radical (unpaired) electrons. The molecule has 3 heteroatoms. The van der Waals surface area contributed by atoms with Gasteiger partial charge < -0.3 is 11.1 Å². The summed E-state index contributed by atoms with van der Waals surface area (Å²) in [6, 6.07) is 12.4. The lowest BCUT2D eigenvalue weighted by Crippen LogP contribution is -2.22. The van der Waals surface area contributed by atoms with Gasteiger partial charge in [0.2, 0.25) is 0 Å². The Labute approximate surface area is 87.6 Å². The smallest absolute Gasteiger partial charge is 0.129 e. The number of nitrogens with zero attached hydrogens (tertiary/aromatic N) is 1. The molecule has 0 fully saturated rings. The van der Waals surface area contributed by atoms with E-state index in [4.69, 9.17) is 5.73 Å². The van der Waals surface area contributed by atoms with E-state index in [9.17, 15) is 0 Å². The molecule has 0 spiro atoms. The number of fused-ring (bicyclic) bond motifs is 3. The molecule has 15 heavy (non-hydrogen) atoms. The SMILES string of the molecule is NC1=NCNc2c1ccc1ccccc21. The highest BCUT2D eigenvalue weighted by molar-refractivity contribution is 6.11. The summed E-state index contributed by atoms with van der Waals surface area (Å²) in [5, 5.41) is 5.69. The van der Waals surface area contributed by atoms with Gasteiger partial charge in [-0.05, 0) is 11.5 Å². The Morgan fingerprint density at radius 3 is 2.93 bits per heavy atom. The minimum Gasteiger partial charge on any atom is -0.383 e. The monoisotopic (exact) mass is 197 g/mol. The summed E-state index contributed by atoms with van der Waals surface area (Å²) < 4.78 is 0. The number of nitrogens with two attached hydrogens (primary N) is 1. The number of hydrogen-bond donors (Lipinski definition) is 2. The molecule has 0 amide bonds. The first-order valence-electron chi connectivity index (χ1n) is 4.92. The molecule has 0 saturated heterocycles. The second-order valence-electron chi connectivity index (χ2n) is 3.59. The predicted molar refractivity (Wildman–Crippen MR) is 63.2 cm³/mol. The molecule has 3 rings (SSSR count). The third kappa shape index (κ3) is 1.16. The molecule has 74 valence electrons. The zero-order valence-corrected chi connectivity index (χ0v) is 8.20. The summed E-state index contributed by atoms with van der Waals surface area (Å²) >= 11 is 0. The van der Waals surface area contributed by atoms with Crippen LogP contribution in [-0.2, 0) is 0 Å². The third-order valence-corrected chi connectivity index (χ3v) is 2.71. The van der Waals surface area contributed by atoms with Crippen LogP contribution in [0.4, 0.5) is 5.69 Å². The molecule has 1 aliphatic rings. The Morgan fingerprint density at radius 2 is 2.00 bits per heavy atom. The van der Waals surface area contributed by atoms with E-state index in [0.29, 0.717) is 12.5 Å². The molecule has 0 aromatic heterocycles. The van der Waals surface area contributed by atoms with E-state index in [-0.39, 0.29) is 0 Å². The molecule has 0 bridgehead atoms. The van der Waals surface area contributed by atoms with Gasteiger partial charge in [0, 0.05) is 10.9 Å². The molecule has 0 aliphatic carbocycles. The standard InChI is InChI=1S/C12H11N3/c13-12-10-6-5-8-3-1-2-4-9(8)11(10)14-7-15-12/h1-6,14H,7H2,(H2,13,15). The van der Waals surface area contributed by atoms with E-state index in [2.05, 4.69) is 28.5 Å². The van der Waals surface area contributed by atoms with E-state index in [1.54, 1.807) is 0 Å². The fraction of sp³-hybridized carbons (Fsp3) is 0.0833. The van der Waals surface area contributed by atoms with Crippen LogP contribution in [0, 0.1) is 0 Å². The summed E-state index contributed by atoms with van der Waals surface area (Å²) in [5.74, 6) is 0.620.